The third-order valence-electron chi connectivity index (χ3n) is 4.64. The largest absolute Gasteiger partial charge is 0.446 e. The van der Waals surface area contributed by atoms with Crippen LogP contribution in [0.2, 0.25) is 0 Å². The van der Waals surface area contributed by atoms with Crippen LogP contribution < -0.4 is 0 Å². The number of nitrogens with zero attached hydrogens (tertiary/aromatic N) is 5. The van der Waals surface area contributed by atoms with Crippen LogP contribution in [0.1, 0.15) is 55.4 Å². The Bertz CT molecular complexity index is 971. The number of rotatable bonds is 7. The minimum atomic E-state index is -1.07. The number of benzene rings is 1. The SMILES string of the molecule is Cc1oc(CCN(C(=O)c2ccccc2-n2nccn2)C(C)C)nc1C(C)(C)O. The Balaban J connectivity index is 1.82. The number of hydrogen-bond acceptors (Lipinski definition) is 6. The van der Waals surface area contributed by atoms with Crippen molar-refractivity contribution in [2.24, 2.45) is 0 Å². The van der Waals surface area contributed by atoms with Crippen LogP contribution >= 0.6 is 0 Å². The Morgan fingerprint density at radius 1 is 1.24 bits per heavy atom. The quantitative estimate of drug-likeness (QED) is 0.658. The van der Waals surface area contributed by atoms with Gasteiger partial charge in [0.25, 0.3) is 5.91 Å². The molecule has 0 aliphatic rings. The fourth-order valence-electron chi connectivity index (χ4n) is 3.26. The van der Waals surface area contributed by atoms with Crippen molar-refractivity contribution in [1.29, 1.82) is 0 Å². The van der Waals surface area contributed by atoms with Gasteiger partial charge < -0.3 is 14.4 Å². The van der Waals surface area contributed by atoms with Crippen LogP contribution in [0.3, 0.4) is 0 Å². The lowest BCUT2D eigenvalue weighted by atomic mass is 10.0. The molecular formula is C21H27N5O3. The highest BCUT2D eigenvalue weighted by Crippen LogP contribution is 2.24. The van der Waals surface area contributed by atoms with E-state index >= 15 is 0 Å². The van der Waals surface area contributed by atoms with Gasteiger partial charge in [0.15, 0.2) is 5.89 Å². The topological polar surface area (TPSA) is 97.3 Å². The third-order valence-corrected chi connectivity index (χ3v) is 4.64. The summed E-state index contributed by atoms with van der Waals surface area (Å²) in [5.74, 6) is 0.976. The van der Waals surface area contributed by atoms with Gasteiger partial charge in [0.2, 0.25) is 0 Å². The first-order valence-corrected chi connectivity index (χ1v) is 9.64. The standard InChI is InChI=1S/C21H27N5O3/c1-14(2)25(13-10-18-24-19(15(3)29-18)21(4,5)28)20(27)16-8-6-7-9-17(16)26-22-11-12-23-26/h6-9,11-12,14,28H,10,13H2,1-5H3. The van der Waals surface area contributed by atoms with E-state index in [1.165, 1.54) is 4.80 Å². The van der Waals surface area contributed by atoms with E-state index in [9.17, 15) is 9.90 Å². The van der Waals surface area contributed by atoms with Crippen molar-refractivity contribution < 1.29 is 14.3 Å². The van der Waals surface area contributed by atoms with Gasteiger partial charge >= 0.3 is 0 Å². The van der Waals surface area contributed by atoms with Crippen LogP contribution in [0, 0.1) is 6.92 Å². The van der Waals surface area contributed by atoms with Gasteiger partial charge in [0.1, 0.15) is 17.1 Å². The molecule has 1 N–H and O–H groups in total. The first-order valence-electron chi connectivity index (χ1n) is 9.64. The number of carbonyl (C=O) groups is 1. The average molecular weight is 397 g/mol. The molecule has 2 aromatic heterocycles. The first kappa shape index (κ1) is 20.7. The Kier molecular flexibility index (Phi) is 5.83. The first-order chi connectivity index (χ1) is 13.7. The van der Waals surface area contributed by atoms with Gasteiger partial charge in [-0.3, -0.25) is 4.79 Å². The molecule has 8 nitrogen and oxygen atoms in total. The van der Waals surface area contributed by atoms with Crippen LogP contribution in [0.5, 0.6) is 0 Å². The maximum atomic E-state index is 13.3. The molecule has 3 aromatic rings. The Hall–Kier alpha value is -3.00. The zero-order chi connectivity index (χ0) is 21.2. The van der Waals surface area contributed by atoms with Crippen molar-refractivity contribution in [2.45, 2.75) is 52.7 Å². The normalized spacial score (nSPS) is 11.8. The van der Waals surface area contributed by atoms with Crippen LogP contribution in [0.4, 0.5) is 0 Å². The lowest BCUT2D eigenvalue weighted by Gasteiger charge is -2.27. The van der Waals surface area contributed by atoms with Crippen LogP contribution in [-0.4, -0.2) is 48.5 Å². The van der Waals surface area contributed by atoms with E-state index in [4.69, 9.17) is 4.42 Å². The van der Waals surface area contributed by atoms with E-state index < -0.39 is 5.60 Å². The summed E-state index contributed by atoms with van der Waals surface area (Å²) >= 11 is 0. The summed E-state index contributed by atoms with van der Waals surface area (Å²) in [7, 11) is 0. The molecule has 154 valence electrons. The van der Waals surface area contributed by atoms with Crippen LogP contribution in [0.15, 0.2) is 41.1 Å². The molecule has 0 fully saturated rings. The number of aryl methyl sites for hydroxylation is 1. The highest BCUT2D eigenvalue weighted by molar-refractivity contribution is 5.97. The van der Waals surface area contributed by atoms with Gasteiger partial charge in [0, 0.05) is 19.0 Å². The van der Waals surface area contributed by atoms with Crippen molar-refractivity contribution in [3.05, 3.63) is 59.6 Å². The molecule has 0 unspecified atom stereocenters. The zero-order valence-electron chi connectivity index (χ0n) is 17.5. The van der Waals surface area contributed by atoms with Crippen molar-refractivity contribution in [3.8, 4) is 5.69 Å². The highest BCUT2D eigenvalue weighted by atomic mass is 16.4. The second-order valence-electron chi connectivity index (χ2n) is 7.75. The van der Waals surface area contributed by atoms with Gasteiger partial charge in [-0.1, -0.05) is 12.1 Å². The molecule has 29 heavy (non-hydrogen) atoms. The van der Waals surface area contributed by atoms with Crippen LogP contribution in [0.25, 0.3) is 5.69 Å². The minimum absolute atomic E-state index is 0.0223. The molecule has 0 saturated heterocycles. The van der Waals surface area contributed by atoms with E-state index in [1.54, 1.807) is 44.1 Å². The molecule has 0 atom stereocenters. The van der Waals surface area contributed by atoms with Gasteiger partial charge in [-0.15, -0.1) is 0 Å². The molecule has 0 radical (unpaired) electrons. The maximum absolute atomic E-state index is 13.3. The van der Waals surface area contributed by atoms with E-state index in [0.29, 0.717) is 41.6 Å². The maximum Gasteiger partial charge on any atom is 0.256 e. The van der Waals surface area contributed by atoms with Crippen molar-refractivity contribution >= 4 is 5.91 Å². The zero-order valence-corrected chi connectivity index (χ0v) is 17.5. The summed E-state index contributed by atoms with van der Waals surface area (Å²) in [6, 6.07) is 7.25. The summed E-state index contributed by atoms with van der Waals surface area (Å²) in [5, 5.41) is 18.5. The molecule has 0 bridgehead atoms. The monoisotopic (exact) mass is 397 g/mol. The fourth-order valence-corrected chi connectivity index (χ4v) is 3.26. The van der Waals surface area contributed by atoms with E-state index in [2.05, 4.69) is 15.2 Å². The summed E-state index contributed by atoms with van der Waals surface area (Å²) in [6.07, 6.45) is 3.60. The van der Waals surface area contributed by atoms with E-state index in [0.717, 1.165) is 0 Å². The highest BCUT2D eigenvalue weighted by Gasteiger charge is 2.26. The number of aromatic nitrogens is 4. The number of hydrogen-bond donors (Lipinski definition) is 1. The smallest absolute Gasteiger partial charge is 0.256 e. The lowest BCUT2D eigenvalue weighted by molar-refractivity contribution is 0.0700. The number of amides is 1. The number of para-hydroxylation sites is 1. The van der Waals surface area contributed by atoms with Crippen molar-refractivity contribution in [2.75, 3.05) is 6.54 Å². The molecule has 3 rings (SSSR count). The minimum Gasteiger partial charge on any atom is -0.446 e. The second-order valence-corrected chi connectivity index (χ2v) is 7.75. The van der Waals surface area contributed by atoms with Gasteiger partial charge in [-0.05, 0) is 46.8 Å². The molecule has 0 aliphatic heterocycles. The molecule has 0 spiro atoms. The summed E-state index contributed by atoms with van der Waals surface area (Å²) in [4.78, 5) is 21.0. The van der Waals surface area contributed by atoms with Crippen molar-refractivity contribution in [3.63, 3.8) is 0 Å². The summed E-state index contributed by atoms with van der Waals surface area (Å²) in [6.45, 7) is 9.49. The lowest BCUT2D eigenvalue weighted by Crippen LogP contribution is -2.39. The Labute approximate surface area is 170 Å². The van der Waals surface area contributed by atoms with Crippen LogP contribution in [-0.2, 0) is 12.0 Å². The molecule has 0 aliphatic carbocycles. The Morgan fingerprint density at radius 3 is 2.48 bits per heavy atom. The predicted molar refractivity (Wildman–Crippen MR) is 108 cm³/mol. The third kappa shape index (κ3) is 4.54. The molecule has 8 heteroatoms. The number of carbonyl (C=O) groups excluding carboxylic acids is 1. The molecule has 1 aromatic carbocycles. The second kappa shape index (κ2) is 8.16. The molecule has 0 saturated carbocycles. The summed E-state index contributed by atoms with van der Waals surface area (Å²) < 4.78 is 5.71. The summed E-state index contributed by atoms with van der Waals surface area (Å²) in [5.41, 5.74) is 0.599. The molecule has 1 amide bonds. The molecular weight excluding hydrogens is 370 g/mol. The Morgan fingerprint density at radius 2 is 1.90 bits per heavy atom. The number of aliphatic hydroxyl groups is 1. The van der Waals surface area contributed by atoms with Crippen molar-refractivity contribution in [1.82, 2.24) is 24.9 Å². The fraction of sp³-hybridized carbons (Fsp3) is 0.429. The molecule has 2 heterocycles. The number of oxazole rings is 1. The predicted octanol–water partition coefficient (Wildman–Crippen LogP) is 2.88. The van der Waals surface area contributed by atoms with E-state index in [1.807, 2.05) is 32.0 Å². The van der Waals surface area contributed by atoms with Gasteiger partial charge in [-0.25, -0.2) is 4.98 Å². The van der Waals surface area contributed by atoms with Gasteiger partial charge in [0.05, 0.1) is 23.6 Å². The van der Waals surface area contributed by atoms with Gasteiger partial charge in [-0.2, -0.15) is 15.0 Å². The van der Waals surface area contributed by atoms with E-state index in [-0.39, 0.29) is 11.9 Å². The average Bonchev–Trinajstić information content (AvgIpc) is 3.31.